The maximum atomic E-state index is 13.0. The Morgan fingerprint density at radius 1 is 1.31 bits per heavy atom. The number of nitro benzene ring substituents is 1. The molecule has 0 aliphatic carbocycles. The highest BCUT2D eigenvalue weighted by Crippen LogP contribution is 2.31. The van der Waals surface area contributed by atoms with E-state index >= 15 is 0 Å². The van der Waals surface area contributed by atoms with Gasteiger partial charge in [0.25, 0.3) is 21.6 Å². The van der Waals surface area contributed by atoms with Gasteiger partial charge < -0.3 is 15.2 Å². The molecule has 2 N–H and O–H groups in total. The van der Waals surface area contributed by atoms with Crippen molar-refractivity contribution in [3.63, 3.8) is 0 Å². The fraction of sp³-hybridized carbons (Fsp3) is 0.278. The molecule has 2 aromatic rings. The molecule has 1 amide bonds. The number of ether oxygens (including phenoxy) is 1. The van der Waals surface area contributed by atoms with Crippen LogP contribution in [0.3, 0.4) is 0 Å². The van der Waals surface area contributed by atoms with Crippen molar-refractivity contribution in [2.24, 2.45) is 0 Å². The number of carbonyl (C=O) groups excluding carboxylic acids is 2. The largest absolute Gasteiger partial charge is 0.454 e. The minimum absolute atomic E-state index is 0.160. The molecule has 1 aromatic carbocycles. The average Bonchev–Trinajstić information content (AvgIpc) is 3.16. The normalized spacial score (nSPS) is 18.8. The number of nitro groups is 1. The van der Waals surface area contributed by atoms with E-state index in [0.717, 1.165) is 12.1 Å². The summed E-state index contributed by atoms with van der Waals surface area (Å²) in [5, 5.41) is 23.9. The molecule has 12 nitrogen and oxygen atoms in total. The van der Waals surface area contributed by atoms with E-state index < -0.39 is 62.7 Å². The van der Waals surface area contributed by atoms with Crippen molar-refractivity contribution >= 4 is 45.0 Å². The van der Waals surface area contributed by atoms with Crippen LogP contribution in [0.15, 0.2) is 47.5 Å². The number of rotatable bonds is 7. The van der Waals surface area contributed by atoms with Crippen molar-refractivity contribution in [2.45, 2.75) is 23.5 Å². The average molecular weight is 485 g/mol. The number of para-hydroxylation sites is 1. The molecular weight excluding hydrogens is 468 g/mol. The molecule has 1 aliphatic heterocycles. The second-order valence-corrected chi connectivity index (χ2v) is 9.02. The van der Waals surface area contributed by atoms with Gasteiger partial charge in [0, 0.05) is 25.2 Å². The highest BCUT2D eigenvalue weighted by atomic mass is 35.5. The van der Waals surface area contributed by atoms with Crippen molar-refractivity contribution in [3.8, 4) is 0 Å². The smallest absolute Gasteiger partial charge is 0.325 e. The van der Waals surface area contributed by atoms with Crippen LogP contribution in [-0.4, -0.2) is 64.9 Å². The van der Waals surface area contributed by atoms with Crippen LogP contribution in [0.4, 0.5) is 11.5 Å². The molecule has 170 valence electrons. The predicted molar refractivity (Wildman–Crippen MR) is 110 cm³/mol. The molecule has 1 aromatic heterocycles. The SMILES string of the molecule is O=C(COC(=O)C1CC(O)CN1S(=O)(=O)c1ccccc1[N+](=O)[O-])Nc1ccc(Cl)cn1. The molecule has 1 saturated heterocycles. The van der Waals surface area contributed by atoms with Gasteiger partial charge in [0.05, 0.1) is 16.0 Å². The fourth-order valence-corrected chi connectivity index (χ4v) is 4.98. The van der Waals surface area contributed by atoms with Crippen LogP contribution in [0.25, 0.3) is 0 Å². The number of hydrogen-bond acceptors (Lipinski definition) is 9. The van der Waals surface area contributed by atoms with Crippen LogP contribution in [0.1, 0.15) is 6.42 Å². The lowest BCUT2D eigenvalue weighted by molar-refractivity contribution is -0.387. The maximum Gasteiger partial charge on any atom is 0.325 e. The summed E-state index contributed by atoms with van der Waals surface area (Å²) < 4.78 is 31.6. The molecule has 0 spiro atoms. The van der Waals surface area contributed by atoms with Gasteiger partial charge in [0.2, 0.25) is 0 Å². The van der Waals surface area contributed by atoms with E-state index in [2.05, 4.69) is 10.3 Å². The third kappa shape index (κ3) is 5.19. The summed E-state index contributed by atoms with van der Waals surface area (Å²) in [5.74, 6) is -1.66. The minimum Gasteiger partial charge on any atom is -0.454 e. The number of sulfonamides is 1. The summed E-state index contributed by atoms with van der Waals surface area (Å²) in [6.07, 6.45) is -0.189. The third-order valence-corrected chi connectivity index (χ3v) is 6.64. The summed E-state index contributed by atoms with van der Waals surface area (Å²) in [4.78, 5) is 38.1. The number of aromatic nitrogens is 1. The standard InChI is InChI=1S/C18H17ClN4O8S/c19-11-5-6-16(20-8-11)21-17(25)10-31-18(26)14-7-12(24)9-22(14)32(29,30)15-4-2-1-3-13(15)23(27)28/h1-6,8,12,14,24H,7,9-10H2,(H,20,21,25). The van der Waals surface area contributed by atoms with E-state index in [1.54, 1.807) is 0 Å². The predicted octanol–water partition coefficient (Wildman–Crippen LogP) is 0.949. The second-order valence-electron chi connectivity index (χ2n) is 6.72. The van der Waals surface area contributed by atoms with Crippen LogP contribution >= 0.6 is 11.6 Å². The first-order valence-corrected chi connectivity index (χ1v) is 10.9. The van der Waals surface area contributed by atoms with E-state index in [9.17, 15) is 33.2 Å². The molecule has 2 heterocycles. The molecule has 0 radical (unpaired) electrons. The number of hydrogen-bond donors (Lipinski definition) is 2. The number of esters is 1. The zero-order valence-electron chi connectivity index (χ0n) is 16.3. The Balaban J connectivity index is 1.72. The van der Waals surface area contributed by atoms with Gasteiger partial charge in [0.1, 0.15) is 11.9 Å². The molecule has 2 atom stereocenters. The van der Waals surface area contributed by atoms with E-state index in [0.29, 0.717) is 9.33 Å². The first-order chi connectivity index (χ1) is 15.1. The summed E-state index contributed by atoms with van der Waals surface area (Å²) >= 11 is 5.70. The summed E-state index contributed by atoms with van der Waals surface area (Å²) in [5.41, 5.74) is -0.671. The van der Waals surface area contributed by atoms with E-state index in [4.69, 9.17) is 16.3 Å². The Kier molecular flexibility index (Phi) is 7.03. The number of benzene rings is 1. The third-order valence-electron chi connectivity index (χ3n) is 4.49. The number of amides is 1. The number of β-amino-alcohol motifs (C(OH)–C–C–N with tert-alkyl or cyclic N) is 1. The second kappa shape index (κ2) is 9.56. The molecule has 0 saturated carbocycles. The van der Waals surface area contributed by atoms with Crippen molar-refractivity contribution in [3.05, 3.63) is 57.7 Å². The number of nitrogens with zero attached hydrogens (tertiary/aromatic N) is 3. The number of carbonyl (C=O) groups is 2. The highest BCUT2D eigenvalue weighted by Gasteiger charge is 2.46. The summed E-state index contributed by atoms with van der Waals surface area (Å²) in [6, 6.07) is 6.11. The van der Waals surface area contributed by atoms with Gasteiger partial charge in [0.15, 0.2) is 11.5 Å². The van der Waals surface area contributed by atoms with Crippen LogP contribution in [0.2, 0.25) is 5.02 Å². The van der Waals surface area contributed by atoms with Gasteiger partial charge in [-0.25, -0.2) is 13.4 Å². The van der Waals surface area contributed by atoms with E-state index in [-0.39, 0.29) is 12.2 Å². The lowest BCUT2D eigenvalue weighted by Gasteiger charge is -2.22. The lowest BCUT2D eigenvalue weighted by atomic mass is 10.2. The number of aliphatic hydroxyl groups is 1. The first kappa shape index (κ1) is 23.5. The van der Waals surface area contributed by atoms with E-state index in [1.807, 2.05) is 0 Å². The molecule has 14 heteroatoms. The van der Waals surface area contributed by atoms with Crippen molar-refractivity contribution in [2.75, 3.05) is 18.5 Å². The number of nitrogens with one attached hydrogen (secondary N) is 1. The molecule has 32 heavy (non-hydrogen) atoms. The molecule has 0 bridgehead atoms. The topological polar surface area (TPSA) is 169 Å². The van der Waals surface area contributed by atoms with Crippen LogP contribution < -0.4 is 5.32 Å². The lowest BCUT2D eigenvalue weighted by Crippen LogP contribution is -2.42. The maximum absolute atomic E-state index is 13.0. The fourth-order valence-electron chi connectivity index (χ4n) is 3.08. The molecule has 2 unspecified atom stereocenters. The van der Waals surface area contributed by atoms with Gasteiger partial charge in [-0.05, 0) is 18.2 Å². The Bertz CT molecular complexity index is 1140. The van der Waals surface area contributed by atoms with Crippen LogP contribution in [0.5, 0.6) is 0 Å². The van der Waals surface area contributed by atoms with E-state index in [1.165, 1.54) is 30.5 Å². The quantitative estimate of drug-likeness (QED) is 0.330. The monoisotopic (exact) mass is 484 g/mol. The molecule has 1 fully saturated rings. The molecular formula is C18H17ClN4O8S. The van der Waals surface area contributed by atoms with Crippen LogP contribution in [0, 0.1) is 10.1 Å². The van der Waals surface area contributed by atoms with Crippen molar-refractivity contribution in [1.29, 1.82) is 0 Å². The number of anilines is 1. The Morgan fingerprint density at radius 2 is 2.03 bits per heavy atom. The summed E-state index contributed by atoms with van der Waals surface area (Å²) in [7, 11) is -4.52. The van der Waals surface area contributed by atoms with Gasteiger partial charge in [-0.1, -0.05) is 23.7 Å². The Labute approximate surface area is 187 Å². The number of halogens is 1. The first-order valence-electron chi connectivity index (χ1n) is 9.11. The van der Waals surface area contributed by atoms with Crippen molar-refractivity contribution in [1.82, 2.24) is 9.29 Å². The Hall–Kier alpha value is -3.13. The van der Waals surface area contributed by atoms with Gasteiger partial charge in [-0.15, -0.1) is 0 Å². The highest BCUT2D eigenvalue weighted by molar-refractivity contribution is 7.89. The zero-order valence-corrected chi connectivity index (χ0v) is 17.8. The summed E-state index contributed by atoms with van der Waals surface area (Å²) in [6.45, 7) is -1.20. The zero-order chi connectivity index (χ0) is 23.5. The van der Waals surface area contributed by atoms with Gasteiger partial charge in [-0.2, -0.15) is 4.31 Å². The minimum atomic E-state index is -4.52. The van der Waals surface area contributed by atoms with Gasteiger partial charge in [-0.3, -0.25) is 19.7 Å². The Morgan fingerprint density at radius 3 is 2.69 bits per heavy atom. The molecule has 1 aliphatic rings. The molecule has 3 rings (SSSR count). The number of aliphatic hydroxyl groups excluding tert-OH is 1. The van der Waals surface area contributed by atoms with Crippen LogP contribution in [-0.2, 0) is 24.3 Å². The number of pyridine rings is 1. The van der Waals surface area contributed by atoms with Crippen molar-refractivity contribution < 1.29 is 32.8 Å². The van der Waals surface area contributed by atoms with Gasteiger partial charge >= 0.3 is 5.97 Å².